The second-order valence-electron chi connectivity index (χ2n) is 5.59. The Morgan fingerprint density at radius 2 is 2.00 bits per heavy atom. The minimum absolute atomic E-state index is 0.227. The van der Waals surface area contributed by atoms with E-state index in [0.717, 1.165) is 0 Å². The van der Waals surface area contributed by atoms with E-state index in [4.69, 9.17) is 8.95 Å². The van der Waals surface area contributed by atoms with E-state index in [0.29, 0.717) is 17.7 Å². The Labute approximate surface area is 98.3 Å². The van der Waals surface area contributed by atoms with Crippen molar-refractivity contribution in [2.45, 2.75) is 45.3 Å². The molecule has 1 heterocycles. The molecular formula is C11H19NO3Si. The van der Waals surface area contributed by atoms with E-state index in [2.05, 4.69) is 25.9 Å². The zero-order chi connectivity index (χ0) is 12.4. The van der Waals surface area contributed by atoms with Crippen LogP contribution >= 0.6 is 0 Å². The van der Waals surface area contributed by atoms with Gasteiger partial charge in [-0.15, -0.1) is 0 Å². The van der Waals surface area contributed by atoms with Crippen LogP contribution in [0.1, 0.15) is 50.9 Å². The first-order chi connectivity index (χ1) is 7.24. The van der Waals surface area contributed by atoms with Crippen molar-refractivity contribution in [2.24, 2.45) is 0 Å². The van der Waals surface area contributed by atoms with Crippen molar-refractivity contribution in [3.05, 3.63) is 17.5 Å². The highest BCUT2D eigenvalue weighted by Crippen LogP contribution is 2.29. The maximum Gasteiger partial charge on any atom is 0.171 e. The molecule has 0 aliphatic carbocycles. The van der Waals surface area contributed by atoms with Gasteiger partial charge in [0.2, 0.25) is 0 Å². The standard InChI is InChI=1S/C11H19NO3Si/c1-10(2,3)16-15-11(4,5)9-6-8(7-13)12-14-9/h6-7H,16H2,1-5H3. The Morgan fingerprint density at radius 1 is 1.38 bits per heavy atom. The summed E-state index contributed by atoms with van der Waals surface area (Å²) in [4.78, 5) is 10.5. The van der Waals surface area contributed by atoms with Crippen LogP contribution in [0, 0.1) is 0 Å². The van der Waals surface area contributed by atoms with Gasteiger partial charge in [0.25, 0.3) is 0 Å². The molecule has 0 radical (unpaired) electrons. The monoisotopic (exact) mass is 241 g/mol. The first kappa shape index (κ1) is 13.1. The lowest BCUT2D eigenvalue weighted by atomic mass is 10.1. The molecule has 16 heavy (non-hydrogen) atoms. The molecule has 90 valence electrons. The fourth-order valence-electron chi connectivity index (χ4n) is 1.10. The Kier molecular flexibility index (Phi) is 3.70. The van der Waals surface area contributed by atoms with Gasteiger partial charge in [-0.1, -0.05) is 25.9 Å². The summed E-state index contributed by atoms with van der Waals surface area (Å²) >= 11 is 0. The maximum absolute atomic E-state index is 10.5. The number of rotatable bonds is 4. The molecule has 1 aromatic rings. The molecule has 0 atom stereocenters. The third kappa shape index (κ3) is 3.57. The molecule has 0 N–H and O–H groups in total. The molecule has 0 amide bonds. The van der Waals surface area contributed by atoms with Gasteiger partial charge in [0, 0.05) is 6.07 Å². The van der Waals surface area contributed by atoms with Gasteiger partial charge in [-0.2, -0.15) is 0 Å². The maximum atomic E-state index is 10.5. The van der Waals surface area contributed by atoms with Crippen molar-refractivity contribution in [3.63, 3.8) is 0 Å². The Morgan fingerprint density at radius 3 is 2.44 bits per heavy atom. The normalized spacial score (nSPS) is 13.6. The first-order valence-corrected chi connectivity index (χ1v) is 6.59. The summed E-state index contributed by atoms with van der Waals surface area (Å²) in [6, 6.07) is 1.63. The van der Waals surface area contributed by atoms with Gasteiger partial charge < -0.3 is 8.95 Å². The molecule has 0 fully saturated rings. The van der Waals surface area contributed by atoms with E-state index < -0.39 is 15.4 Å². The number of hydrogen-bond donors (Lipinski definition) is 0. The summed E-state index contributed by atoms with van der Waals surface area (Å²) in [5.74, 6) is 0.603. The van der Waals surface area contributed by atoms with Gasteiger partial charge in [-0.05, 0) is 18.9 Å². The molecule has 0 spiro atoms. The molecule has 4 nitrogen and oxygen atoms in total. The number of aromatic nitrogens is 1. The summed E-state index contributed by atoms with van der Waals surface area (Å²) in [6.07, 6.45) is 0.671. The number of carbonyl (C=O) groups is 1. The highest BCUT2D eigenvalue weighted by molar-refractivity contribution is 6.31. The average molecular weight is 241 g/mol. The van der Waals surface area contributed by atoms with Gasteiger partial charge in [0.1, 0.15) is 11.3 Å². The summed E-state index contributed by atoms with van der Waals surface area (Å²) in [6.45, 7) is 10.3. The number of hydrogen-bond acceptors (Lipinski definition) is 4. The molecule has 0 saturated heterocycles. The van der Waals surface area contributed by atoms with Crippen molar-refractivity contribution >= 4 is 16.0 Å². The molecule has 0 unspecified atom stereocenters. The third-order valence-corrected chi connectivity index (χ3v) is 3.84. The van der Waals surface area contributed by atoms with Crippen LogP contribution in [0.2, 0.25) is 5.04 Å². The minimum Gasteiger partial charge on any atom is -0.411 e. The fourth-order valence-corrected chi connectivity index (χ4v) is 2.03. The molecule has 1 rings (SSSR count). The van der Waals surface area contributed by atoms with E-state index in [9.17, 15) is 4.79 Å². The summed E-state index contributed by atoms with van der Waals surface area (Å²) in [5.41, 5.74) is -0.197. The minimum atomic E-state index is -0.671. The van der Waals surface area contributed by atoms with E-state index >= 15 is 0 Å². The van der Waals surface area contributed by atoms with E-state index in [1.807, 2.05) is 13.8 Å². The first-order valence-electron chi connectivity index (χ1n) is 5.31. The predicted octanol–water partition coefficient (Wildman–Crippen LogP) is 2.04. The van der Waals surface area contributed by atoms with Crippen LogP contribution in [0.4, 0.5) is 0 Å². The molecule has 5 heteroatoms. The highest BCUT2D eigenvalue weighted by Gasteiger charge is 2.28. The van der Waals surface area contributed by atoms with Crippen molar-refractivity contribution in [2.75, 3.05) is 0 Å². The van der Waals surface area contributed by atoms with Crippen LogP contribution in [0.15, 0.2) is 10.6 Å². The smallest absolute Gasteiger partial charge is 0.171 e. The zero-order valence-electron chi connectivity index (χ0n) is 10.5. The second kappa shape index (κ2) is 4.51. The molecule has 0 aliphatic rings. The van der Waals surface area contributed by atoms with Crippen molar-refractivity contribution in [3.8, 4) is 0 Å². The quantitative estimate of drug-likeness (QED) is 0.598. The van der Waals surface area contributed by atoms with Crippen LogP contribution in [0.3, 0.4) is 0 Å². The van der Waals surface area contributed by atoms with Gasteiger partial charge in [0.05, 0.1) is 0 Å². The molecule has 0 aromatic carbocycles. The Hall–Kier alpha value is -0.943. The van der Waals surface area contributed by atoms with Crippen LogP contribution in [-0.4, -0.2) is 21.2 Å². The van der Waals surface area contributed by atoms with Crippen molar-refractivity contribution < 1.29 is 13.7 Å². The lowest BCUT2D eigenvalue weighted by molar-refractivity contribution is 0.0749. The van der Waals surface area contributed by atoms with Gasteiger partial charge >= 0.3 is 0 Å². The van der Waals surface area contributed by atoms with Gasteiger partial charge in [-0.3, -0.25) is 4.79 Å². The van der Waals surface area contributed by atoms with Crippen LogP contribution in [0.25, 0.3) is 0 Å². The number of aldehydes is 1. The molecule has 0 bridgehead atoms. The van der Waals surface area contributed by atoms with E-state index in [-0.39, 0.29) is 5.04 Å². The fraction of sp³-hybridized carbons (Fsp3) is 0.636. The molecule has 1 aromatic heterocycles. The number of nitrogens with zero attached hydrogens (tertiary/aromatic N) is 1. The average Bonchev–Trinajstić information content (AvgIpc) is 2.62. The summed E-state index contributed by atoms with van der Waals surface area (Å²) in [7, 11) is -0.671. The Bertz CT molecular complexity index is 366. The van der Waals surface area contributed by atoms with Crippen LogP contribution in [-0.2, 0) is 10.0 Å². The zero-order valence-corrected chi connectivity index (χ0v) is 11.9. The highest BCUT2D eigenvalue weighted by atomic mass is 28.2. The summed E-state index contributed by atoms with van der Waals surface area (Å²) in [5, 5.41) is 3.86. The topological polar surface area (TPSA) is 52.3 Å². The van der Waals surface area contributed by atoms with Crippen LogP contribution < -0.4 is 0 Å². The Balaban J connectivity index is 2.73. The third-order valence-electron chi connectivity index (χ3n) is 2.11. The van der Waals surface area contributed by atoms with Crippen LogP contribution in [0.5, 0.6) is 0 Å². The lowest BCUT2D eigenvalue weighted by Gasteiger charge is -2.27. The molecular weight excluding hydrogens is 222 g/mol. The lowest BCUT2D eigenvalue weighted by Crippen LogP contribution is -2.27. The second-order valence-corrected chi connectivity index (χ2v) is 8.29. The largest absolute Gasteiger partial charge is 0.411 e. The SMILES string of the molecule is CC(C)(C)[SiH2]OC(C)(C)c1cc(C=O)no1. The van der Waals surface area contributed by atoms with Crippen molar-refractivity contribution in [1.29, 1.82) is 0 Å². The van der Waals surface area contributed by atoms with E-state index in [1.165, 1.54) is 0 Å². The molecule has 0 saturated carbocycles. The van der Waals surface area contributed by atoms with E-state index in [1.54, 1.807) is 6.07 Å². The summed E-state index contributed by atoms with van der Waals surface area (Å²) < 4.78 is 11.0. The van der Waals surface area contributed by atoms with Gasteiger partial charge in [-0.25, -0.2) is 0 Å². The van der Waals surface area contributed by atoms with Crippen molar-refractivity contribution in [1.82, 2.24) is 5.16 Å². The number of carbonyl (C=O) groups excluding carboxylic acids is 1. The molecule has 0 aliphatic heterocycles. The van der Waals surface area contributed by atoms with Gasteiger partial charge in [0.15, 0.2) is 21.8 Å². The predicted molar refractivity (Wildman–Crippen MR) is 64.3 cm³/mol.